The maximum absolute atomic E-state index is 5.83. The van der Waals surface area contributed by atoms with Crippen LogP contribution in [0, 0.1) is 6.92 Å². The van der Waals surface area contributed by atoms with Gasteiger partial charge in [-0.2, -0.15) is 0 Å². The van der Waals surface area contributed by atoms with Crippen molar-refractivity contribution in [3.63, 3.8) is 0 Å². The molecule has 0 amide bonds. The Hall–Kier alpha value is -4.25. The van der Waals surface area contributed by atoms with Crippen LogP contribution >= 0.6 is 0 Å². The van der Waals surface area contributed by atoms with E-state index in [9.17, 15) is 0 Å². The average molecular weight is 404 g/mol. The third-order valence-corrected chi connectivity index (χ3v) is 5.06. The number of nitrogens with zero attached hydrogens (tertiary/aromatic N) is 3. The van der Waals surface area contributed by atoms with Crippen molar-refractivity contribution < 1.29 is 4.74 Å². The number of ether oxygens (including phenoxy) is 1. The Morgan fingerprint density at radius 2 is 1.61 bits per heavy atom. The molecule has 0 atom stereocenters. The van der Waals surface area contributed by atoms with Gasteiger partial charge in [-0.3, -0.25) is 4.98 Å². The lowest BCUT2D eigenvalue weighted by Gasteiger charge is -2.12. The summed E-state index contributed by atoms with van der Waals surface area (Å²) in [5.41, 5.74) is 4.01. The van der Waals surface area contributed by atoms with Crippen LogP contribution in [-0.2, 0) is 0 Å². The van der Waals surface area contributed by atoms with Crippen molar-refractivity contribution in [3.05, 3.63) is 103 Å². The molecule has 0 fully saturated rings. The highest BCUT2D eigenvalue weighted by Gasteiger charge is 2.09. The number of rotatable bonds is 5. The van der Waals surface area contributed by atoms with Gasteiger partial charge in [-0.25, -0.2) is 9.97 Å². The van der Waals surface area contributed by atoms with E-state index in [0.29, 0.717) is 11.6 Å². The lowest BCUT2D eigenvalue weighted by molar-refractivity contribution is 0.457. The predicted octanol–water partition coefficient (Wildman–Crippen LogP) is 6.54. The van der Waals surface area contributed by atoms with Gasteiger partial charge in [-0.15, -0.1) is 0 Å². The second-order valence-corrected chi connectivity index (χ2v) is 7.13. The van der Waals surface area contributed by atoms with E-state index >= 15 is 0 Å². The second-order valence-electron chi connectivity index (χ2n) is 7.13. The molecule has 0 aliphatic heterocycles. The molecular formula is C26H20N4O. The highest BCUT2D eigenvalue weighted by Crippen LogP contribution is 2.32. The molecule has 3 heterocycles. The third kappa shape index (κ3) is 3.94. The minimum atomic E-state index is 0.513. The molecule has 0 spiro atoms. The first-order chi connectivity index (χ1) is 15.3. The second kappa shape index (κ2) is 8.24. The van der Waals surface area contributed by atoms with Crippen molar-refractivity contribution >= 4 is 22.3 Å². The van der Waals surface area contributed by atoms with E-state index in [1.807, 2.05) is 49.5 Å². The maximum Gasteiger partial charge on any atom is 0.219 e. The molecule has 5 rings (SSSR count). The van der Waals surface area contributed by atoms with Gasteiger partial charge in [0.25, 0.3) is 0 Å². The Labute approximate surface area is 180 Å². The molecule has 5 heteroatoms. The van der Waals surface area contributed by atoms with Crippen LogP contribution in [0.2, 0.25) is 0 Å². The summed E-state index contributed by atoms with van der Waals surface area (Å²) >= 11 is 0. The fraction of sp³-hybridized carbons (Fsp3) is 0.0385. The number of aryl methyl sites for hydroxylation is 1. The molecule has 0 saturated carbocycles. The Kier molecular flexibility index (Phi) is 4.99. The Morgan fingerprint density at radius 3 is 2.42 bits per heavy atom. The third-order valence-electron chi connectivity index (χ3n) is 5.06. The molecule has 0 aliphatic rings. The average Bonchev–Trinajstić information content (AvgIpc) is 2.82. The van der Waals surface area contributed by atoms with Crippen LogP contribution in [0.3, 0.4) is 0 Å². The van der Waals surface area contributed by atoms with E-state index < -0.39 is 0 Å². The number of aromatic nitrogens is 3. The molecule has 0 saturated heterocycles. The van der Waals surface area contributed by atoms with Crippen molar-refractivity contribution in [1.82, 2.24) is 15.0 Å². The van der Waals surface area contributed by atoms with Crippen molar-refractivity contribution in [3.8, 4) is 22.8 Å². The first kappa shape index (κ1) is 18.8. The van der Waals surface area contributed by atoms with E-state index in [2.05, 4.69) is 62.7 Å². The quantitative estimate of drug-likeness (QED) is 0.360. The zero-order chi connectivity index (χ0) is 21.0. The molecular weight excluding hydrogens is 384 g/mol. The van der Waals surface area contributed by atoms with Crippen LogP contribution in [0.4, 0.5) is 11.5 Å². The van der Waals surface area contributed by atoms with Gasteiger partial charge < -0.3 is 10.1 Å². The van der Waals surface area contributed by atoms with Crippen LogP contribution in [-0.4, -0.2) is 15.0 Å². The van der Waals surface area contributed by atoms with Crippen LogP contribution in [0.15, 0.2) is 97.5 Å². The SMILES string of the molecule is Cc1ncccc1Oc1ccc(Nc2nccc3c(-c4ccccc4)cccc23)cn1. The minimum Gasteiger partial charge on any atom is -0.437 e. The Morgan fingerprint density at radius 1 is 0.710 bits per heavy atom. The molecule has 0 bridgehead atoms. The lowest BCUT2D eigenvalue weighted by Crippen LogP contribution is -1.97. The van der Waals surface area contributed by atoms with Crippen LogP contribution in [0.5, 0.6) is 11.6 Å². The largest absolute Gasteiger partial charge is 0.437 e. The molecule has 3 aromatic heterocycles. The summed E-state index contributed by atoms with van der Waals surface area (Å²) in [5, 5.41) is 5.58. The monoisotopic (exact) mass is 404 g/mol. The highest BCUT2D eigenvalue weighted by molar-refractivity contribution is 6.02. The summed E-state index contributed by atoms with van der Waals surface area (Å²) in [7, 11) is 0. The first-order valence-corrected chi connectivity index (χ1v) is 10.0. The van der Waals surface area contributed by atoms with Crippen LogP contribution in [0.1, 0.15) is 5.69 Å². The van der Waals surface area contributed by atoms with Gasteiger partial charge in [0.1, 0.15) is 5.82 Å². The van der Waals surface area contributed by atoms with Gasteiger partial charge in [0.2, 0.25) is 5.88 Å². The standard InChI is InChI=1S/C26H20N4O/c1-18-24(11-6-15-27-18)31-25-13-12-20(17-29-25)30-26-23-10-5-9-21(22(23)14-16-28-26)19-7-3-2-4-8-19/h2-17H,1H3,(H,28,30). The van der Waals surface area contributed by atoms with E-state index in [1.165, 1.54) is 11.1 Å². The van der Waals surface area contributed by atoms with Crippen molar-refractivity contribution in [2.75, 3.05) is 5.32 Å². The van der Waals surface area contributed by atoms with E-state index in [0.717, 1.165) is 28.0 Å². The van der Waals surface area contributed by atoms with Gasteiger partial charge in [0.05, 0.1) is 17.6 Å². The zero-order valence-electron chi connectivity index (χ0n) is 17.0. The van der Waals surface area contributed by atoms with E-state index in [4.69, 9.17) is 4.74 Å². The molecule has 5 aromatic rings. The molecule has 2 aromatic carbocycles. The summed E-state index contributed by atoms with van der Waals surface area (Å²) in [6.07, 6.45) is 5.30. The molecule has 150 valence electrons. The molecule has 0 radical (unpaired) electrons. The fourth-order valence-electron chi connectivity index (χ4n) is 3.52. The molecule has 0 aliphatic carbocycles. The summed E-state index contributed by atoms with van der Waals surface area (Å²) in [4.78, 5) is 13.2. The van der Waals surface area contributed by atoms with Crippen LogP contribution in [0.25, 0.3) is 21.9 Å². The van der Waals surface area contributed by atoms with Gasteiger partial charge in [-0.05, 0) is 47.7 Å². The summed E-state index contributed by atoms with van der Waals surface area (Å²) < 4.78 is 5.83. The highest BCUT2D eigenvalue weighted by atomic mass is 16.5. The normalized spacial score (nSPS) is 10.7. The molecule has 31 heavy (non-hydrogen) atoms. The molecule has 5 nitrogen and oxygen atoms in total. The summed E-state index contributed by atoms with van der Waals surface area (Å²) in [6, 6.07) is 26.2. The van der Waals surface area contributed by atoms with E-state index in [1.54, 1.807) is 12.4 Å². The van der Waals surface area contributed by atoms with Gasteiger partial charge in [0, 0.05) is 23.8 Å². The number of hydrogen-bond acceptors (Lipinski definition) is 5. The summed E-state index contributed by atoms with van der Waals surface area (Å²) in [5.74, 6) is 1.99. The van der Waals surface area contributed by atoms with Crippen molar-refractivity contribution in [1.29, 1.82) is 0 Å². The Balaban J connectivity index is 1.43. The number of hydrogen-bond donors (Lipinski definition) is 1. The predicted molar refractivity (Wildman–Crippen MR) is 124 cm³/mol. The molecule has 1 N–H and O–H groups in total. The number of fused-ring (bicyclic) bond motifs is 1. The van der Waals surface area contributed by atoms with Gasteiger partial charge in [-0.1, -0.05) is 48.5 Å². The molecule has 0 unspecified atom stereocenters. The minimum absolute atomic E-state index is 0.513. The fourth-order valence-corrected chi connectivity index (χ4v) is 3.52. The van der Waals surface area contributed by atoms with Gasteiger partial charge >= 0.3 is 0 Å². The number of benzene rings is 2. The zero-order valence-corrected chi connectivity index (χ0v) is 17.0. The van der Waals surface area contributed by atoms with Crippen molar-refractivity contribution in [2.24, 2.45) is 0 Å². The summed E-state index contributed by atoms with van der Waals surface area (Å²) in [6.45, 7) is 1.90. The lowest BCUT2D eigenvalue weighted by atomic mass is 9.99. The topological polar surface area (TPSA) is 59.9 Å². The number of nitrogens with one attached hydrogen (secondary N) is 1. The van der Waals surface area contributed by atoms with E-state index in [-0.39, 0.29) is 0 Å². The first-order valence-electron chi connectivity index (χ1n) is 10.0. The smallest absolute Gasteiger partial charge is 0.219 e. The van der Waals surface area contributed by atoms with Crippen molar-refractivity contribution in [2.45, 2.75) is 6.92 Å². The number of anilines is 2. The van der Waals surface area contributed by atoms with Crippen LogP contribution < -0.4 is 10.1 Å². The number of pyridine rings is 3. The Bertz CT molecular complexity index is 1340. The maximum atomic E-state index is 5.83. The van der Waals surface area contributed by atoms with Gasteiger partial charge in [0.15, 0.2) is 5.75 Å².